The minimum absolute atomic E-state index is 0.251. The maximum atomic E-state index is 13.7. The first-order valence-electron chi connectivity index (χ1n) is 11.6. The molecule has 6 rings (SSSR count). The molecule has 1 aliphatic rings. The molecule has 0 radical (unpaired) electrons. The van der Waals surface area contributed by atoms with Crippen LogP contribution in [0.25, 0.3) is 27.8 Å². The summed E-state index contributed by atoms with van der Waals surface area (Å²) in [6.45, 7) is 1.99. The lowest BCUT2D eigenvalue weighted by atomic mass is 9.98. The van der Waals surface area contributed by atoms with Gasteiger partial charge in [-0.2, -0.15) is 0 Å². The molecule has 0 spiro atoms. The Bertz CT molecular complexity index is 1830. The van der Waals surface area contributed by atoms with Gasteiger partial charge in [0.1, 0.15) is 0 Å². The number of hydrogen-bond donors (Lipinski definition) is 3. The third-order valence-corrected chi connectivity index (χ3v) is 6.98. The molecule has 1 atom stereocenters. The van der Waals surface area contributed by atoms with E-state index in [0.717, 1.165) is 27.1 Å². The maximum Gasteiger partial charge on any atom is 0.331 e. The Kier molecular flexibility index (Phi) is 4.63. The third kappa shape index (κ3) is 2.87. The number of phenols is 2. The van der Waals surface area contributed by atoms with Crippen LogP contribution in [-0.2, 0) is 14.1 Å². The van der Waals surface area contributed by atoms with Crippen molar-refractivity contribution < 1.29 is 10.2 Å². The molecular weight excluding hydrogens is 456 g/mol. The van der Waals surface area contributed by atoms with Gasteiger partial charge in [0.05, 0.1) is 39.7 Å². The number of rotatable bonds is 2. The van der Waals surface area contributed by atoms with Gasteiger partial charge in [-0.15, -0.1) is 0 Å². The van der Waals surface area contributed by atoms with Gasteiger partial charge < -0.3 is 20.1 Å². The van der Waals surface area contributed by atoms with Gasteiger partial charge >= 0.3 is 5.69 Å². The smallest absolute Gasteiger partial charge is 0.331 e. The summed E-state index contributed by atoms with van der Waals surface area (Å²) < 4.78 is 4.60. The summed E-state index contributed by atoms with van der Waals surface area (Å²) in [5.41, 5.74) is 4.79. The number of anilines is 1. The van der Waals surface area contributed by atoms with Crippen LogP contribution in [0.3, 0.4) is 0 Å². The number of nitrogens with one attached hydrogen (secondary N) is 1. The van der Waals surface area contributed by atoms with Crippen LogP contribution in [-0.4, -0.2) is 23.9 Å². The second-order valence-electron chi connectivity index (χ2n) is 9.18. The molecule has 8 nitrogen and oxygen atoms in total. The maximum absolute atomic E-state index is 13.7. The van der Waals surface area contributed by atoms with E-state index in [1.54, 1.807) is 19.2 Å². The SMILES string of the molecule is Cc1cccc(-c2c3c(=O)n(C)c(=O)n(C)c3c3n2-c2ccccc2N[C@H]3c2cccc(O)c2O)c1. The predicted molar refractivity (Wildman–Crippen MR) is 139 cm³/mol. The van der Waals surface area contributed by atoms with Gasteiger partial charge in [0.2, 0.25) is 0 Å². The van der Waals surface area contributed by atoms with Crippen molar-refractivity contribution in [2.45, 2.75) is 13.0 Å². The molecule has 0 saturated heterocycles. The number of aromatic nitrogens is 3. The summed E-state index contributed by atoms with van der Waals surface area (Å²) in [6.07, 6.45) is 0. The zero-order valence-electron chi connectivity index (χ0n) is 20.0. The van der Waals surface area contributed by atoms with E-state index in [-0.39, 0.29) is 11.5 Å². The number of aromatic hydroxyl groups is 2. The lowest BCUT2D eigenvalue weighted by Crippen LogP contribution is -2.37. The number of nitrogens with zero attached hydrogens (tertiary/aromatic N) is 3. The summed E-state index contributed by atoms with van der Waals surface area (Å²) >= 11 is 0. The monoisotopic (exact) mass is 480 g/mol. The van der Waals surface area contributed by atoms with E-state index in [9.17, 15) is 19.8 Å². The van der Waals surface area contributed by atoms with E-state index in [1.165, 1.54) is 17.7 Å². The Morgan fingerprint density at radius 1 is 0.889 bits per heavy atom. The average molecular weight is 481 g/mol. The van der Waals surface area contributed by atoms with Gasteiger partial charge in [-0.3, -0.25) is 13.9 Å². The quantitative estimate of drug-likeness (QED) is 0.333. The molecule has 5 aromatic rings. The van der Waals surface area contributed by atoms with E-state index in [0.29, 0.717) is 27.9 Å². The lowest BCUT2D eigenvalue weighted by molar-refractivity contribution is 0.398. The fourth-order valence-electron chi connectivity index (χ4n) is 5.30. The molecule has 2 aromatic heterocycles. The van der Waals surface area contributed by atoms with Crippen molar-refractivity contribution in [3.8, 4) is 28.4 Å². The minimum atomic E-state index is -0.661. The summed E-state index contributed by atoms with van der Waals surface area (Å²) in [7, 11) is 3.12. The van der Waals surface area contributed by atoms with Crippen LogP contribution in [0.4, 0.5) is 5.69 Å². The molecule has 3 aromatic carbocycles. The molecule has 36 heavy (non-hydrogen) atoms. The van der Waals surface area contributed by atoms with E-state index in [2.05, 4.69) is 5.32 Å². The van der Waals surface area contributed by atoms with Crippen molar-refractivity contribution in [1.29, 1.82) is 0 Å². The van der Waals surface area contributed by atoms with E-state index >= 15 is 0 Å². The highest BCUT2D eigenvalue weighted by atomic mass is 16.3. The average Bonchev–Trinajstić information content (AvgIpc) is 3.24. The van der Waals surface area contributed by atoms with Crippen molar-refractivity contribution in [3.63, 3.8) is 0 Å². The molecule has 0 unspecified atom stereocenters. The van der Waals surface area contributed by atoms with E-state index in [1.807, 2.05) is 60.0 Å². The first-order valence-corrected chi connectivity index (χ1v) is 11.6. The summed E-state index contributed by atoms with van der Waals surface area (Å²) in [6, 6.07) is 19.7. The highest BCUT2D eigenvalue weighted by molar-refractivity contribution is 5.99. The fraction of sp³-hybridized carbons (Fsp3) is 0.143. The topological polar surface area (TPSA) is 101 Å². The first-order chi connectivity index (χ1) is 17.3. The first kappa shape index (κ1) is 21.8. The van der Waals surface area contributed by atoms with Crippen molar-refractivity contribution >= 4 is 16.6 Å². The second kappa shape index (κ2) is 7.64. The fourth-order valence-corrected chi connectivity index (χ4v) is 5.30. The number of para-hydroxylation sites is 3. The molecule has 3 N–H and O–H groups in total. The van der Waals surface area contributed by atoms with Crippen molar-refractivity contribution in [3.05, 3.63) is 104 Å². The largest absolute Gasteiger partial charge is 0.504 e. The molecule has 0 amide bonds. The summed E-state index contributed by atoms with van der Waals surface area (Å²) in [5, 5.41) is 25.0. The Morgan fingerprint density at radius 3 is 2.42 bits per heavy atom. The molecule has 1 aliphatic heterocycles. The van der Waals surface area contributed by atoms with Gasteiger partial charge in [-0.1, -0.05) is 48.0 Å². The van der Waals surface area contributed by atoms with Crippen LogP contribution >= 0.6 is 0 Å². The van der Waals surface area contributed by atoms with Gasteiger partial charge in [-0.05, 0) is 36.8 Å². The third-order valence-electron chi connectivity index (χ3n) is 6.98. The van der Waals surface area contributed by atoms with Gasteiger partial charge in [-0.25, -0.2) is 4.79 Å². The van der Waals surface area contributed by atoms with E-state index < -0.39 is 17.3 Å². The summed E-state index contributed by atoms with van der Waals surface area (Å²) in [4.78, 5) is 26.8. The van der Waals surface area contributed by atoms with E-state index in [4.69, 9.17) is 0 Å². The molecule has 0 aliphatic carbocycles. The molecule has 180 valence electrons. The minimum Gasteiger partial charge on any atom is -0.504 e. The molecule has 8 heteroatoms. The molecule has 0 saturated carbocycles. The Labute approximate surface area is 205 Å². The van der Waals surface area contributed by atoms with Gasteiger partial charge in [0.15, 0.2) is 11.5 Å². The van der Waals surface area contributed by atoms with Gasteiger partial charge in [0.25, 0.3) is 5.56 Å². The van der Waals surface area contributed by atoms with Crippen LogP contribution in [0, 0.1) is 6.92 Å². The zero-order chi connectivity index (χ0) is 25.3. The zero-order valence-corrected chi connectivity index (χ0v) is 20.0. The highest BCUT2D eigenvalue weighted by Gasteiger charge is 2.36. The standard InChI is InChI=1S/C28H24N4O4/c1-15-8-6-9-16(14-15)23-21-24(30(2)28(36)31(3)27(21)35)25-22(17-10-7-13-20(33)26(17)34)29-18-11-4-5-12-19(18)32(23)25/h4-14,22,29,33-34H,1-3H3/t22-/m0/s1. The van der Waals surface area contributed by atoms with Gasteiger partial charge in [0, 0.05) is 19.7 Å². The van der Waals surface area contributed by atoms with Crippen molar-refractivity contribution in [2.75, 3.05) is 5.32 Å². The molecule has 0 bridgehead atoms. The second-order valence-corrected chi connectivity index (χ2v) is 9.18. The lowest BCUT2D eigenvalue weighted by Gasteiger charge is -2.31. The number of benzene rings is 3. The van der Waals surface area contributed by atoms with Crippen molar-refractivity contribution in [1.82, 2.24) is 13.7 Å². The van der Waals surface area contributed by atoms with Crippen molar-refractivity contribution in [2.24, 2.45) is 14.1 Å². The van der Waals surface area contributed by atoms with Crippen LogP contribution in [0.5, 0.6) is 11.5 Å². The molecule has 3 heterocycles. The Balaban J connectivity index is 1.88. The molecule has 0 fully saturated rings. The predicted octanol–water partition coefficient (Wildman–Crippen LogP) is 3.93. The van der Waals surface area contributed by atoms with Crippen LogP contribution in [0.15, 0.2) is 76.3 Å². The number of phenolic OH excluding ortho intramolecular Hbond substituents is 2. The van der Waals surface area contributed by atoms with Crippen LogP contribution in [0.1, 0.15) is 22.9 Å². The number of aryl methyl sites for hydroxylation is 2. The Morgan fingerprint density at radius 2 is 1.64 bits per heavy atom. The summed E-state index contributed by atoms with van der Waals surface area (Å²) in [5.74, 6) is -0.513. The van der Waals surface area contributed by atoms with Crippen LogP contribution in [0.2, 0.25) is 0 Å². The van der Waals surface area contributed by atoms with Crippen LogP contribution < -0.4 is 16.6 Å². The molecular formula is C28H24N4O4. The normalized spacial score (nSPS) is 14.4. The highest BCUT2D eigenvalue weighted by Crippen LogP contribution is 2.47. The number of hydrogen-bond acceptors (Lipinski definition) is 5. The number of fused-ring (bicyclic) bond motifs is 5. The Hall–Kier alpha value is -4.72.